The number of nitrogens with zero attached hydrogens (tertiary/aromatic N) is 2. The van der Waals surface area contributed by atoms with E-state index in [1.54, 1.807) is 23.1 Å². The third-order valence-corrected chi connectivity index (χ3v) is 10.1. The van der Waals surface area contributed by atoms with E-state index in [1.165, 1.54) is 0 Å². The van der Waals surface area contributed by atoms with Gasteiger partial charge in [0.2, 0.25) is 17.7 Å². The molecule has 3 amide bonds. The number of hydrogen-bond donors (Lipinski definition) is 2. The van der Waals surface area contributed by atoms with Gasteiger partial charge in [-0.2, -0.15) is 0 Å². The number of fused-ring (bicyclic) bond motifs is 1. The number of benzene rings is 1. The molecule has 3 aliphatic heterocycles. The van der Waals surface area contributed by atoms with Crippen LogP contribution in [0.15, 0.2) is 30.4 Å². The van der Waals surface area contributed by atoms with E-state index >= 15 is 0 Å². The maximum Gasteiger partial charge on any atom is 0.246 e. The molecule has 10 heteroatoms. The summed E-state index contributed by atoms with van der Waals surface area (Å²) in [6, 6.07) is 4.01. The number of carbonyl (C=O) groups is 3. The molecule has 41 heavy (non-hydrogen) atoms. The number of likely N-dealkylation sites (N-methyl/N-ethyl adjacent to an activating group) is 1. The molecule has 5 rings (SSSR count). The second kappa shape index (κ2) is 12.2. The minimum Gasteiger partial charge on any atom is -0.359 e. The lowest BCUT2D eigenvalue weighted by Gasteiger charge is -2.38. The van der Waals surface area contributed by atoms with E-state index in [-0.39, 0.29) is 23.8 Å². The molecule has 1 saturated carbocycles. The number of nitrogens with one attached hydrogen (secondary N) is 2. The number of hydrogen-bond acceptors (Lipinski definition) is 5. The van der Waals surface area contributed by atoms with Crippen LogP contribution in [0.25, 0.3) is 0 Å². The Balaban J connectivity index is 1.42. The highest BCUT2D eigenvalue weighted by Crippen LogP contribution is 2.55. The Morgan fingerprint density at radius 1 is 1.12 bits per heavy atom. The standard InChI is InChI=1S/C31H42Cl2N4O4/c1-5-6-12-36(4)13-14-37-27(29(39)35-23-9-7-8-18(2)19(23)3)31-11-10-24(41-31)25(26(31)30(37)40)28(38)34-22-16-20(32)15-21(33)17-22/h10-11,15-19,23-27H,5-9,12-14H2,1-4H3,(H,34,38)(H,35,39)/t18-,19-,23-,24+,25-,26+,27+,31+/m1/s1. The van der Waals surface area contributed by atoms with Crippen molar-refractivity contribution in [3.8, 4) is 0 Å². The molecule has 8 atom stereocenters. The molecule has 1 aromatic rings. The minimum atomic E-state index is -1.19. The van der Waals surface area contributed by atoms with Crippen LogP contribution in [0.3, 0.4) is 0 Å². The fourth-order valence-electron chi connectivity index (χ4n) is 7.23. The summed E-state index contributed by atoms with van der Waals surface area (Å²) in [6.45, 7) is 8.49. The van der Waals surface area contributed by atoms with Crippen molar-refractivity contribution in [1.82, 2.24) is 15.1 Å². The Kier molecular flexibility index (Phi) is 9.05. The van der Waals surface area contributed by atoms with Gasteiger partial charge < -0.3 is 25.2 Å². The van der Waals surface area contributed by atoms with Gasteiger partial charge in [-0.1, -0.05) is 75.4 Å². The van der Waals surface area contributed by atoms with Gasteiger partial charge in [0.25, 0.3) is 0 Å². The second-order valence-corrected chi connectivity index (χ2v) is 13.3. The summed E-state index contributed by atoms with van der Waals surface area (Å²) in [5.74, 6) is -1.49. The molecule has 8 nitrogen and oxygen atoms in total. The van der Waals surface area contributed by atoms with Crippen LogP contribution in [0.1, 0.15) is 52.9 Å². The van der Waals surface area contributed by atoms with Crippen molar-refractivity contribution in [2.75, 3.05) is 32.0 Å². The van der Waals surface area contributed by atoms with E-state index in [4.69, 9.17) is 27.9 Å². The van der Waals surface area contributed by atoms with Crippen LogP contribution in [-0.2, 0) is 19.1 Å². The topological polar surface area (TPSA) is 91.0 Å². The maximum atomic E-state index is 14.2. The lowest BCUT2D eigenvalue weighted by Crippen LogP contribution is -2.58. The first-order valence-electron chi connectivity index (χ1n) is 15.0. The van der Waals surface area contributed by atoms with Crippen LogP contribution in [-0.4, -0.2) is 78.0 Å². The zero-order valence-corrected chi connectivity index (χ0v) is 25.9. The molecule has 1 spiro atoms. The second-order valence-electron chi connectivity index (χ2n) is 12.4. The fraction of sp³-hybridized carbons (Fsp3) is 0.645. The van der Waals surface area contributed by atoms with Gasteiger partial charge in [0, 0.05) is 34.9 Å². The van der Waals surface area contributed by atoms with Crippen LogP contribution in [0.4, 0.5) is 5.69 Å². The third-order valence-electron chi connectivity index (χ3n) is 9.71. The van der Waals surface area contributed by atoms with Gasteiger partial charge in [-0.25, -0.2) is 0 Å². The van der Waals surface area contributed by atoms with E-state index in [9.17, 15) is 14.4 Å². The van der Waals surface area contributed by atoms with Crippen molar-refractivity contribution in [2.45, 2.75) is 76.7 Å². The van der Waals surface area contributed by atoms with Crippen molar-refractivity contribution in [1.29, 1.82) is 0 Å². The lowest BCUT2D eigenvalue weighted by atomic mass is 9.73. The van der Waals surface area contributed by atoms with Gasteiger partial charge >= 0.3 is 0 Å². The van der Waals surface area contributed by atoms with Gasteiger partial charge in [-0.3, -0.25) is 14.4 Å². The number of unbranched alkanes of at least 4 members (excludes halogenated alkanes) is 1. The number of carbonyl (C=O) groups excluding carboxylic acids is 3. The normalized spacial score (nSPS) is 33.9. The molecule has 2 N–H and O–H groups in total. The van der Waals surface area contributed by atoms with E-state index in [1.807, 2.05) is 19.2 Å². The summed E-state index contributed by atoms with van der Waals surface area (Å²) in [6.07, 6.45) is 8.36. The highest BCUT2D eigenvalue weighted by molar-refractivity contribution is 6.35. The molecule has 4 aliphatic rings. The van der Waals surface area contributed by atoms with Gasteiger partial charge in [0.15, 0.2) is 0 Å². The van der Waals surface area contributed by atoms with Crippen LogP contribution in [0.5, 0.6) is 0 Å². The molecule has 1 aromatic carbocycles. The first kappa shape index (κ1) is 30.3. The SMILES string of the molecule is CCCCN(C)CCN1C(=O)[C@@H]2[C@H](C(=O)Nc3cc(Cl)cc(Cl)c3)[C@@H]3C=C[C@@]2(O3)[C@@H]1C(=O)N[C@@H]1CCC[C@@H](C)[C@H]1C. The Bertz CT molecular complexity index is 1190. The van der Waals surface area contributed by atoms with Crippen molar-refractivity contribution < 1.29 is 19.1 Å². The maximum absolute atomic E-state index is 14.2. The average molecular weight is 606 g/mol. The smallest absolute Gasteiger partial charge is 0.246 e. The summed E-state index contributed by atoms with van der Waals surface area (Å²) < 4.78 is 6.49. The highest BCUT2D eigenvalue weighted by Gasteiger charge is 2.72. The predicted octanol–water partition coefficient (Wildman–Crippen LogP) is 4.76. The summed E-state index contributed by atoms with van der Waals surface area (Å²) in [4.78, 5) is 45.9. The molecule has 2 saturated heterocycles. The van der Waals surface area contributed by atoms with Crippen molar-refractivity contribution in [3.05, 3.63) is 40.4 Å². The molecule has 1 aliphatic carbocycles. The fourth-order valence-corrected chi connectivity index (χ4v) is 7.75. The number of ether oxygens (including phenoxy) is 1. The highest BCUT2D eigenvalue weighted by atomic mass is 35.5. The number of rotatable bonds is 10. The Morgan fingerprint density at radius 3 is 2.56 bits per heavy atom. The van der Waals surface area contributed by atoms with E-state index < -0.39 is 29.6 Å². The first-order chi connectivity index (χ1) is 19.6. The van der Waals surface area contributed by atoms with Crippen LogP contribution >= 0.6 is 23.2 Å². The molecule has 3 fully saturated rings. The first-order valence-corrected chi connectivity index (χ1v) is 15.7. The molecule has 0 radical (unpaired) electrons. The zero-order valence-electron chi connectivity index (χ0n) is 24.4. The average Bonchev–Trinajstić information content (AvgIpc) is 3.55. The lowest BCUT2D eigenvalue weighted by molar-refractivity contribution is -0.141. The number of likely N-dealkylation sites (tertiary alicyclic amines) is 1. The van der Waals surface area contributed by atoms with Crippen molar-refractivity contribution in [3.63, 3.8) is 0 Å². The molecule has 2 bridgehead atoms. The van der Waals surface area contributed by atoms with Crippen LogP contribution in [0.2, 0.25) is 10.0 Å². The summed E-state index contributed by atoms with van der Waals surface area (Å²) >= 11 is 12.3. The summed E-state index contributed by atoms with van der Waals surface area (Å²) in [5, 5.41) is 6.99. The van der Waals surface area contributed by atoms with Gasteiger partial charge in [0.05, 0.1) is 17.9 Å². The molecule has 3 heterocycles. The Labute approximate surface area is 253 Å². The van der Waals surface area contributed by atoms with Gasteiger partial charge in [-0.15, -0.1) is 0 Å². The molecule has 0 aromatic heterocycles. The van der Waals surface area contributed by atoms with E-state index in [0.29, 0.717) is 40.7 Å². The number of anilines is 1. The van der Waals surface area contributed by atoms with Crippen LogP contribution < -0.4 is 10.6 Å². The predicted molar refractivity (Wildman–Crippen MR) is 161 cm³/mol. The minimum absolute atomic E-state index is 0.0418. The molecule has 224 valence electrons. The van der Waals surface area contributed by atoms with Gasteiger partial charge in [0.1, 0.15) is 11.6 Å². The molecule has 0 unspecified atom stereocenters. The molecular formula is C31H42Cl2N4O4. The zero-order chi connectivity index (χ0) is 29.5. The largest absolute Gasteiger partial charge is 0.359 e. The van der Waals surface area contributed by atoms with E-state index in [2.05, 4.69) is 36.3 Å². The quantitative estimate of drug-likeness (QED) is 0.376. The number of halogens is 2. The van der Waals surface area contributed by atoms with Gasteiger partial charge in [-0.05, 0) is 56.5 Å². The molecular weight excluding hydrogens is 563 g/mol. The monoisotopic (exact) mass is 604 g/mol. The van der Waals surface area contributed by atoms with Crippen molar-refractivity contribution in [2.24, 2.45) is 23.7 Å². The number of amides is 3. The van der Waals surface area contributed by atoms with E-state index in [0.717, 1.165) is 38.6 Å². The Hall–Kier alpha value is -2.13. The third kappa shape index (κ3) is 5.77. The van der Waals surface area contributed by atoms with Crippen LogP contribution in [0, 0.1) is 23.7 Å². The summed E-state index contributed by atoms with van der Waals surface area (Å²) in [5.41, 5.74) is -0.742. The summed E-state index contributed by atoms with van der Waals surface area (Å²) in [7, 11) is 2.03. The van der Waals surface area contributed by atoms with Crippen molar-refractivity contribution >= 4 is 46.6 Å². The Morgan fingerprint density at radius 2 is 1.85 bits per heavy atom.